The molecule has 0 atom stereocenters. The Balaban J connectivity index is 2.14. The molecule has 0 saturated carbocycles. The van der Waals surface area contributed by atoms with E-state index in [0.29, 0.717) is 30.7 Å². The molecular weight excluding hydrogens is 240 g/mol. The molecule has 4 nitrogen and oxygen atoms in total. The second kappa shape index (κ2) is 5.36. The molecule has 1 aromatic heterocycles. The molecule has 2 rings (SSSR count). The summed E-state index contributed by atoms with van der Waals surface area (Å²) < 4.78 is 30.7. The van der Waals surface area contributed by atoms with Crippen molar-refractivity contribution in [3.8, 4) is 17.5 Å². The van der Waals surface area contributed by atoms with E-state index in [-0.39, 0.29) is 5.82 Å². The highest BCUT2D eigenvalue weighted by atomic mass is 19.2. The zero-order chi connectivity index (χ0) is 13.0. The second-order valence-electron chi connectivity index (χ2n) is 3.65. The zero-order valence-electron chi connectivity index (χ0n) is 9.36. The van der Waals surface area contributed by atoms with Gasteiger partial charge < -0.3 is 4.52 Å². The van der Waals surface area contributed by atoms with E-state index >= 15 is 0 Å². The van der Waals surface area contributed by atoms with Gasteiger partial charge in [0.1, 0.15) is 0 Å². The van der Waals surface area contributed by atoms with Crippen molar-refractivity contribution in [1.82, 2.24) is 10.1 Å². The third-order valence-corrected chi connectivity index (χ3v) is 2.33. The molecule has 0 saturated heterocycles. The molecular formula is C12H9F2N3O. The van der Waals surface area contributed by atoms with Crippen LogP contribution in [0.15, 0.2) is 22.7 Å². The van der Waals surface area contributed by atoms with Gasteiger partial charge in [0.15, 0.2) is 11.6 Å². The summed E-state index contributed by atoms with van der Waals surface area (Å²) in [5.74, 6) is -1.29. The molecule has 0 bridgehead atoms. The van der Waals surface area contributed by atoms with Crippen molar-refractivity contribution in [1.29, 1.82) is 5.26 Å². The lowest BCUT2D eigenvalue weighted by molar-refractivity contribution is 0.376. The number of hydrogen-bond acceptors (Lipinski definition) is 4. The molecule has 0 aliphatic rings. The molecule has 6 heteroatoms. The van der Waals surface area contributed by atoms with Crippen LogP contribution >= 0.6 is 0 Å². The lowest BCUT2D eigenvalue weighted by Crippen LogP contribution is -1.88. The maximum absolute atomic E-state index is 13.0. The highest BCUT2D eigenvalue weighted by Gasteiger charge is 2.10. The number of aryl methyl sites for hydroxylation is 1. The van der Waals surface area contributed by atoms with Crippen molar-refractivity contribution in [3.63, 3.8) is 0 Å². The molecule has 92 valence electrons. The summed E-state index contributed by atoms with van der Waals surface area (Å²) in [6.07, 6.45) is 1.52. The molecule has 18 heavy (non-hydrogen) atoms. The van der Waals surface area contributed by atoms with Crippen LogP contribution < -0.4 is 0 Å². The van der Waals surface area contributed by atoms with Gasteiger partial charge in [-0.15, -0.1) is 0 Å². The number of nitriles is 1. The van der Waals surface area contributed by atoms with Crippen LogP contribution in [-0.4, -0.2) is 10.1 Å². The van der Waals surface area contributed by atoms with Gasteiger partial charge in [-0.05, 0) is 24.6 Å². The summed E-state index contributed by atoms with van der Waals surface area (Å²) in [6.45, 7) is 0. The monoisotopic (exact) mass is 249 g/mol. The van der Waals surface area contributed by atoms with Gasteiger partial charge in [-0.2, -0.15) is 10.2 Å². The van der Waals surface area contributed by atoms with Gasteiger partial charge >= 0.3 is 0 Å². The van der Waals surface area contributed by atoms with E-state index in [0.717, 1.165) is 12.1 Å². The molecule has 0 spiro atoms. The van der Waals surface area contributed by atoms with E-state index in [2.05, 4.69) is 10.1 Å². The van der Waals surface area contributed by atoms with Crippen molar-refractivity contribution in [2.45, 2.75) is 19.3 Å². The largest absolute Gasteiger partial charge is 0.339 e. The van der Waals surface area contributed by atoms with Crippen LogP contribution in [0, 0.1) is 23.0 Å². The first kappa shape index (κ1) is 12.2. The number of halogens is 2. The maximum Gasteiger partial charge on any atom is 0.226 e. The predicted octanol–water partition coefficient (Wildman–Crippen LogP) is 2.86. The first-order valence-corrected chi connectivity index (χ1v) is 5.35. The van der Waals surface area contributed by atoms with E-state index in [4.69, 9.17) is 9.78 Å². The fourth-order valence-corrected chi connectivity index (χ4v) is 1.43. The Bertz CT molecular complexity index is 589. The van der Waals surface area contributed by atoms with Gasteiger partial charge in [-0.3, -0.25) is 0 Å². The van der Waals surface area contributed by atoms with Gasteiger partial charge in [0.25, 0.3) is 0 Å². The van der Waals surface area contributed by atoms with Crippen molar-refractivity contribution >= 4 is 0 Å². The van der Waals surface area contributed by atoms with Gasteiger partial charge in [0, 0.05) is 18.4 Å². The molecule has 1 aromatic carbocycles. The van der Waals surface area contributed by atoms with Crippen molar-refractivity contribution in [3.05, 3.63) is 35.7 Å². The van der Waals surface area contributed by atoms with Crippen LogP contribution in [0.3, 0.4) is 0 Å². The van der Waals surface area contributed by atoms with Gasteiger partial charge in [0.2, 0.25) is 11.7 Å². The summed E-state index contributed by atoms with van der Waals surface area (Å²) in [5, 5.41) is 12.1. The molecule has 2 aromatic rings. The summed E-state index contributed by atoms with van der Waals surface area (Å²) in [5.41, 5.74) is 0.351. The van der Waals surface area contributed by atoms with Crippen LogP contribution in [0.25, 0.3) is 11.4 Å². The van der Waals surface area contributed by atoms with Gasteiger partial charge in [0.05, 0.1) is 6.07 Å². The van der Waals surface area contributed by atoms with E-state index in [1.165, 1.54) is 6.07 Å². The van der Waals surface area contributed by atoms with Crippen molar-refractivity contribution < 1.29 is 13.3 Å². The first-order valence-electron chi connectivity index (χ1n) is 5.35. The van der Waals surface area contributed by atoms with Crippen LogP contribution in [0.5, 0.6) is 0 Å². The quantitative estimate of drug-likeness (QED) is 0.781. The molecule has 0 N–H and O–H groups in total. The summed E-state index contributed by atoms with van der Waals surface area (Å²) in [7, 11) is 0. The fourth-order valence-electron chi connectivity index (χ4n) is 1.43. The average molecular weight is 249 g/mol. The lowest BCUT2D eigenvalue weighted by Gasteiger charge is -1.95. The number of hydrogen-bond donors (Lipinski definition) is 0. The molecule has 0 aliphatic carbocycles. The van der Waals surface area contributed by atoms with E-state index in [9.17, 15) is 8.78 Å². The highest BCUT2D eigenvalue weighted by Crippen LogP contribution is 2.19. The topological polar surface area (TPSA) is 62.7 Å². The standard InChI is InChI=1S/C12H9F2N3O/c13-9-5-4-8(7-10(9)14)12-16-11(18-17-12)3-1-2-6-15/h4-5,7H,1-3H2. The Labute approximate surface area is 102 Å². The predicted molar refractivity (Wildman–Crippen MR) is 58.2 cm³/mol. The number of benzene rings is 1. The van der Waals surface area contributed by atoms with Crippen molar-refractivity contribution in [2.24, 2.45) is 0 Å². The SMILES string of the molecule is N#CCCCc1nc(-c2ccc(F)c(F)c2)no1. The van der Waals surface area contributed by atoms with Gasteiger partial charge in [-0.1, -0.05) is 5.16 Å². The number of aromatic nitrogens is 2. The summed E-state index contributed by atoms with van der Waals surface area (Å²) >= 11 is 0. The molecule has 0 radical (unpaired) electrons. The van der Waals surface area contributed by atoms with E-state index < -0.39 is 11.6 Å². The number of unbranched alkanes of at least 4 members (excludes halogenated alkanes) is 1. The van der Waals surface area contributed by atoms with Crippen LogP contribution in [0.1, 0.15) is 18.7 Å². The Morgan fingerprint density at radius 1 is 1.28 bits per heavy atom. The van der Waals surface area contributed by atoms with Crippen LogP contribution in [0.2, 0.25) is 0 Å². The molecule has 0 aliphatic heterocycles. The van der Waals surface area contributed by atoms with E-state index in [1.54, 1.807) is 0 Å². The first-order chi connectivity index (χ1) is 8.70. The zero-order valence-corrected chi connectivity index (χ0v) is 9.36. The number of nitrogens with zero attached hydrogens (tertiary/aromatic N) is 3. The molecule has 1 heterocycles. The Morgan fingerprint density at radius 2 is 2.11 bits per heavy atom. The normalized spacial score (nSPS) is 10.3. The summed E-state index contributed by atoms with van der Waals surface area (Å²) in [4.78, 5) is 4.05. The Morgan fingerprint density at radius 3 is 2.83 bits per heavy atom. The van der Waals surface area contributed by atoms with E-state index in [1.807, 2.05) is 6.07 Å². The van der Waals surface area contributed by atoms with Crippen molar-refractivity contribution in [2.75, 3.05) is 0 Å². The molecule has 0 fully saturated rings. The smallest absolute Gasteiger partial charge is 0.226 e. The Kier molecular flexibility index (Phi) is 3.63. The van der Waals surface area contributed by atoms with Gasteiger partial charge in [-0.25, -0.2) is 8.78 Å². The molecule has 0 amide bonds. The minimum Gasteiger partial charge on any atom is -0.339 e. The minimum atomic E-state index is -0.955. The van der Waals surface area contributed by atoms with Crippen LogP contribution in [-0.2, 0) is 6.42 Å². The average Bonchev–Trinajstić information content (AvgIpc) is 2.82. The Hall–Kier alpha value is -2.29. The van der Waals surface area contributed by atoms with Crippen LogP contribution in [0.4, 0.5) is 8.78 Å². The number of rotatable bonds is 4. The fraction of sp³-hybridized carbons (Fsp3) is 0.250. The maximum atomic E-state index is 13.0. The third-order valence-electron chi connectivity index (χ3n) is 2.33. The molecule has 0 unspecified atom stereocenters. The summed E-state index contributed by atoms with van der Waals surface area (Å²) in [6, 6.07) is 5.41. The lowest BCUT2D eigenvalue weighted by atomic mass is 10.2. The second-order valence-corrected chi connectivity index (χ2v) is 3.65. The minimum absolute atomic E-state index is 0.209. The highest BCUT2D eigenvalue weighted by molar-refractivity contribution is 5.54. The third kappa shape index (κ3) is 2.69.